The molecule has 0 saturated carbocycles. The minimum absolute atomic E-state index is 0.282. The zero-order valence-corrected chi connectivity index (χ0v) is 12.1. The highest BCUT2D eigenvalue weighted by molar-refractivity contribution is 7.84. The van der Waals surface area contributed by atoms with E-state index < -0.39 is 10.8 Å². The van der Waals surface area contributed by atoms with Crippen LogP contribution in [0, 0.1) is 0 Å². The van der Waals surface area contributed by atoms with Crippen LogP contribution in [0.15, 0.2) is 0 Å². The van der Waals surface area contributed by atoms with Crippen LogP contribution < -0.4 is 5.32 Å². The minimum Gasteiger partial charge on any atom is -0.316 e. The van der Waals surface area contributed by atoms with Crippen molar-refractivity contribution in [3.8, 4) is 0 Å². The van der Waals surface area contributed by atoms with Crippen LogP contribution in [-0.4, -0.2) is 28.8 Å². The molecule has 0 spiro atoms. The van der Waals surface area contributed by atoms with E-state index >= 15 is 0 Å². The molecule has 0 amide bonds. The smallest absolute Gasteiger partial charge is 0.0441 e. The van der Waals surface area contributed by atoms with Gasteiger partial charge in [0.05, 0.1) is 0 Å². The fraction of sp³-hybridized carbons (Fsp3) is 1.00. The lowest BCUT2D eigenvalue weighted by Gasteiger charge is -2.09. The molecule has 1 N–H and O–H groups in total. The maximum Gasteiger partial charge on any atom is 0.0441 e. The summed E-state index contributed by atoms with van der Waals surface area (Å²) in [5.41, 5.74) is 0. The summed E-state index contributed by atoms with van der Waals surface area (Å²) in [5, 5.41) is 3.66. The van der Waals surface area contributed by atoms with Crippen LogP contribution in [0.25, 0.3) is 0 Å². The zero-order valence-electron chi connectivity index (χ0n) is 11.3. The Hall–Kier alpha value is 0.110. The first-order valence-corrected chi connectivity index (χ1v) is 8.33. The van der Waals surface area contributed by atoms with Gasteiger partial charge in [-0.2, -0.15) is 0 Å². The lowest BCUT2D eigenvalue weighted by Crippen LogP contribution is -2.28. The second kappa shape index (κ2) is 11.6. The van der Waals surface area contributed by atoms with E-state index in [0.717, 1.165) is 13.1 Å². The van der Waals surface area contributed by atoms with Crippen LogP contribution in [0.1, 0.15) is 58.8 Å². The van der Waals surface area contributed by atoms with E-state index in [9.17, 15) is 4.21 Å². The fourth-order valence-corrected chi connectivity index (χ4v) is 1.98. The summed E-state index contributed by atoms with van der Waals surface area (Å²) in [4.78, 5) is 0. The maximum atomic E-state index is 11.1. The number of nitrogens with one attached hydrogen (secondary N) is 1. The van der Waals surface area contributed by atoms with Crippen LogP contribution in [-0.2, 0) is 10.8 Å². The topological polar surface area (TPSA) is 29.1 Å². The number of rotatable bonds is 11. The Morgan fingerprint density at radius 1 is 1.06 bits per heavy atom. The summed E-state index contributed by atoms with van der Waals surface area (Å²) >= 11 is 0. The van der Waals surface area contributed by atoms with E-state index in [1.54, 1.807) is 6.26 Å². The largest absolute Gasteiger partial charge is 0.316 e. The first-order chi connectivity index (χ1) is 7.68. The summed E-state index contributed by atoms with van der Waals surface area (Å²) in [6.45, 7) is 6.25. The lowest BCUT2D eigenvalue weighted by atomic mass is 10.1. The number of hydrogen-bond donors (Lipinski definition) is 1. The van der Waals surface area contributed by atoms with E-state index in [2.05, 4.69) is 12.2 Å². The van der Waals surface area contributed by atoms with Gasteiger partial charge in [-0.05, 0) is 19.9 Å². The molecule has 0 rings (SSSR count). The number of hydrogen-bond acceptors (Lipinski definition) is 2. The summed E-state index contributed by atoms with van der Waals surface area (Å²) in [5.74, 6) is 0. The Kier molecular flexibility index (Phi) is 11.7. The second-order valence-electron chi connectivity index (χ2n) is 4.63. The molecule has 2 nitrogen and oxygen atoms in total. The van der Waals surface area contributed by atoms with Crippen LogP contribution in [0.5, 0.6) is 0 Å². The Morgan fingerprint density at radius 2 is 1.62 bits per heavy atom. The van der Waals surface area contributed by atoms with Crippen LogP contribution in [0.2, 0.25) is 0 Å². The van der Waals surface area contributed by atoms with Crippen molar-refractivity contribution < 1.29 is 4.21 Å². The SMILES string of the molecule is CCCCCCCCCNCC(C)S(C)=O. The first-order valence-electron chi connectivity index (χ1n) is 6.71. The molecule has 2 atom stereocenters. The summed E-state index contributed by atoms with van der Waals surface area (Å²) in [6, 6.07) is 0. The van der Waals surface area contributed by atoms with Crippen molar-refractivity contribution in [3.05, 3.63) is 0 Å². The third-order valence-electron chi connectivity index (χ3n) is 2.96. The van der Waals surface area contributed by atoms with Crippen molar-refractivity contribution in [2.75, 3.05) is 19.3 Å². The molecule has 3 heteroatoms. The fourth-order valence-electron chi connectivity index (χ4n) is 1.63. The van der Waals surface area contributed by atoms with Gasteiger partial charge in [0.2, 0.25) is 0 Å². The normalized spacial score (nSPS) is 14.9. The van der Waals surface area contributed by atoms with E-state index in [-0.39, 0.29) is 5.25 Å². The van der Waals surface area contributed by atoms with Gasteiger partial charge in [0, 0.05) is 28.9 Å². The van der Waals surface area contributed by atoms with Gasteiger partial charge in [0.1, 0.15) is 0 Å². The van der Waals surface area contributed by atoms with E-state index in [1.807, 2.05) is 6.92 Å². The average molecular weight is 247 g/mol. The van der Waals surface area contributed by atoms with Crippen molar-refractivity contribution in [3.63, 3.8) is 0 Å². The van der Waals surface area contributed by atoms with Gasteiger partial charge in [-0.25, -0.2) is 0 Å². The summed E-state index contributed by atoms with van der Waals surface area (Å²) in [6.07, 6.45) is 11.2. The van der Waals surface area contributed by atoms with Gasteiger partial charge in [-0.15, -0.1) is 0 Å². The maximum absolute atomic E-state index is 11.1. The van der Waals surface area contributed by atoms with Gasteiger partial charge in [0.25, 0.3) is 0 Å². The average Bonchev–Trinajstić information content (AvgIpc) is 2.26. The Morgan fingerprint density at radius 3 is 2.19 bits per heavy atom. The van der Waals surface area contributed by atoms with E-state index in [0.29, 0.717) is 0 Å². The van der Waals surface area contributed by atoms with Gasteiger partial charge < -0.3 is 5.32 Å². The zero-order chi connectivity index (χ0) is 12.2. The van der Waals surface area contributed by atoms with Gasteiger partial charge in [0.15, 0.2) is 0 Å². The van der Waals surface area contributed by atoms with Crippen LogP contribution >= 0.6 is 0 Å². The predicted octanol–water partition coefficient (Wildman–Crippen LogP) is 3.09. The highest BCUT2D eigenvalue weighted by atomic mass is 32.2. The molecule has 2 unspecified atom stereocenters. The molecule has 0 heterocycles. The molecule has 16 heavy (non-hydrogen) atoms. The minimum atomic E-state index is -0.685. The highest BCUT2D eigenvalue weighted by Gasteiger charge is 2.03. The molecule has 0 radical (unpaired) electrons. The Balaban J connectivity index is 3.07. The monoisotopic (exact) mass is 247 g/mol. The molecular formula is C13H29NOS. The quantitative estimate of drug-likeness (QED) is 0.568. The molecule has 0 aliphatic carbocycles. The molecule has 0 aromatic carbocycles. The standard InChI is InChI=1S/C13H29NOS/c1-4-5-6-7-8-9-10-11-14-12-13(2)16(3)15/h13-14H,4-12H2,1-3H3. The van der Waals surface area contributed by atoms with Gasteiger partial charge in [-0.1, -0.05) is 45.4 Å². The molecule has 98 valence electrons. The molecule has 0 aromatic rings. The third kappa shape index (κ3) is 10.6. The van der Waals surface area contributed by atoms with Crippen LogP contribution in [0.4, 0.5) is 0 Å². The molecule has 0 aliphatic rings. The summed E-state index contributed by atoms with van der Waals surface area (Å²) in [7, 11) is -0.685. The second-order valence-corrected chi connectivity index (χ2v) is 6.44. The molecule has 0 aromatic heterocycles. The van der Waals surface area contributed by atoms with Crippen molar-refractivity contribution in [2.24, 2.45) is 0 Å². The molecule has 0 fully saturated rings. The highest BCUT2D eigenvalue weighted by Crippen LogP contribution is 2.06. The van der Waals surface area contributed by atoms with Crippen molar-refractivity contribution >= 4 is 10.8 Å². The molecule has 0 aliphatic heterocycles. The molecule has 0 bridgehead atoms. The van der Waals surface area contributed by atoms with Gasteiger partial charge >= 0.3 is 0 Å². The molecular weight excluding hydrogens is 218 g/mol. The van der Waals surface area contributed by atoms with E-state index in [4.69, 9.17) is 0 Å². The lowest BCUT2D eigenvalue weighted by molar-refractivity contribution is 0.561. The number of unbranched alkanes of at least 4 members (excludes halogenated alkanes) is 6. The molecule has 0 saturated heterocycles. The van der Waals surface area contributed by atoms with Crippen molar-refractivity contribution in [1.82, 2.24) is 5.32 Å². The Labute approximate surface area is 104 Å². The van der Waals surface area contributed by atoms with Crippen molar-refractivity contribution in [2.45, 2.75) is 64.0 Å². The Bertz CT molecular complexity index is 173. The van der Waals surface area contributed by atoms with Gasteiger partial charge in [-0.3, -0.25) is 4.21 Å². The summed E-state index contributed by atoms with van der Waals surface area (Å²) < 4.78 is 11.1. The van der Waals surface area contributed by atoms with E-state index in [1.165, 1.54) is 44.9 Å². The predicted molar refractivity (Wildman–Crippen MR) is 74.4 cm³/mol. The third-order valence-corrected chi connectivity index (χ3v) is 4.26. The first kappa shape index (κ1) is 16.1. The van der Waals surface area contributed by atoms with Crippen molar-refractivity contribution in [1.29, 1.82) is 0 Å². The van der Waals surface area contributed by atoms with Crippen LogP contribution in [0.3, 0.4) is 0 Å².